The molecule has 0 spiro atoms. The Morgan fingerprint density at radius 2 is 1.65 bits per heavy atom. The summed E-state index contributed by atoms with van der Waals surface area (Å²) in [5.41, 5.74) is -0.335. The summed E-state index contributed by atoms with van der Waals surface area (Å²) in [6.07, 6.45) is 5.09. The second-order valence-corrected chi connectivity index (χ2v) is 8.59. The van der Waals surface area contributed by atoms with Crippen LogP contribution in [0.25, 0.3) is 0 Å². The number of rotatable bonds is 7. The van der Waals surface area contributed by atoms with Crippen molar-refractivity contribution in [1.82, 2.24) is 10.0 Å². The maximum atomic E-state index is 12.3. The number of carboxylic acids is 1. The molecule has 3 N–H and O–H groups in total. The van der Waals surface area contributed by atoms with Gasteiger partial charge in [-0.05, 0) is 44.0 Å². The fourth-order valence-corrected chi connectivity index (χ4v) is 3.99. The van der Waals surface area contributed by atoms with Crippen molar-refractivity contribution in [2.75, 3.05) is 7.05 Å². The maximum Gasteiger partial charge on any atom is 0.329 e. The molecule has 0 atom stereocenters. The molecule has 7 nitrogen and oxygen atoms in total. The average molecular weight is 382 g/mol. The van der Waals surface area contributed by atoms with Crippen molar-refractivity contribution >= 4 is 21.9 Å². The molecule has 0 radical (unpaired) electrons. The van der Waals surface area contributed by atoms with Gasteiger partial charge in [-0.3, -0.25) is 4.79 Å². The molecule has 0 aliphatic heterocycles. The zero-order valence-electron chi connectivity index (χ0n) is 15.0. The molecule has 26 heavy (non-hydrogen) atoms. The summed E-state index contributed by atoms with van der Waals surface area (Å²) in [5.74, 6) is -1.25. The Bertz CT molecular complexity index is 735. The molecule has 8 heteroatoms. The van der Waals surface area contributed by atoms with E-state index in [0.29, 0.717) is 19.3 Å². The third-order valence-corrected chi connectivity index (χ3v) is 6.32. The van der Waals surface area contributed by atoms with Gasteiger partial charge in [0.25, 0.3) is 0 Å². The van der Waals surface area contributed by atoms with E-state index < -0.39 is 21.5 Å². The molecule has 2 rings (SSSR count). The van der Waals surface area contributed by atoms with E-state index in [1.54, 1.807) is 12.1 Å². The molecule has 0 unspecified atom stereocenters. The largest absolute Gasteiger partial charge is 0.480 e. The second kappa shape index (κ2) is 8.64. The van der Waals surface area contributed by atoms with Crippen LogP contribution in [-0.4, -0.2) is 38.0 Å². The van der Waals surface area contributed by atoms with E-state index in [2.05, 4.69) is 10.0 Å². The molecule has 0 heterocycles. The molecule has 1 saturated carbocycles. The van der Waals surface area contributed by atoms with Crippen LogP contribution in [0.1, 0.15) is 50.5 Å². The zero-order valence-corrected chi connectivity index (χ0v) is 15.8. The Morgan fingerprint density at radius 1 is 1.08 bits per heavy atom. The van der Waals surface area contributed by atoms with Crippen LogP contribution in [0, 0.1) is 0 Å². The minimum absolute atomic E-state index is 0.160. The van der Waals surface area contributed by atoms with Crippen LogP contribution >= 0.6 is 0 Å². The third kappa shape index (κ3) is 5.04. The number of sulfonamides is 1. The van der Waals surface area contributed by atoms with Gasteiger partial charge in [0.15, 0.2) is 0 Å². The van der Waals surface area contributed by atoms with Crippen molar-refractivity contribution in [2.45, 2.75) is 61.8 Å². The number of carbonyl (C=O) groups is 2. The van der Waals surface area contributed by atoms with Crippen molar-refractivity contribution in [3.05, 3.63) is 29.8 Å². The van der Waals surface area contributed by atoms with Crippen molar-refractivity contribution in [2.24, 2.45) is 0 Å². The Labute approximate surface area is 154 Å². The van der Waals surface area contributed by atoms with Gasteiger partial charge < -0.3 is 10.4 Å². The minimum Gasteiger partial charge on any atom is -0.480 e. The van der Waals surface area contributed by atoms with Gasteiger partial charge in [0, 0.05) is 6.42 Å². The highest BCUT2D eigenvalue weighted by molar-refractivity contribution is 7.89. The Balaban J connectivity index is 1.96. The molecule has 0 bridgehead atoms. The number of amides is 1. The lowest BCUT2D eigenvalue weighted by molar-refractivity contribution is -0.148. The number of aliphatic carboxylic acids is 1. The predicted molar refractivity (Wildman–Crippen MR) is 97.2 cm³/mol. The summed E-state index contributed by atoms with van der Waals surface area (Å²) in [5, 5.41) is 12.3. The van der Waals surface area contributed by atoms with Crippen LogP contribution in [0.3, 0.4) is 0 Å². The first-order valence-corrected chi connectivity index (χ1v) is 10.3. The fraction of sp³-hybridized carbons (Fsp3) is 0.556. The zero-order chi connectivity index (χ0) is 19.2. The maximum absolute atomic E-state index is 12.3. The fourth-order valence-electron chi connectivity index (χ4n) is 3.26. The molecular formula is C18H26N2O5S. The topological polar surface area (TPSA) is 113 Å². The molecular weight excluding hydrogens is 356 g/mol. The molecule has 0 aromatic heterocycles. The summed E-state index contributed by atoms with van der Waals surface area (Å²) in [4.78, 5) is 24.2. The van der Waals surface area contributed by atoms with Crippen LogP contribution in [-0.2, 0) is 26.0 Å². The van der Waals surface area contributed by atoms with E-state index in [-0.39, 0.29) is 17.2 Å². The smallest absolute Gasteiger partial charge is 0.329 e. The highest BCUT2D eigenvalue weighted by Gasteiger charge is 2.39. The lowest BCUT2D eigenvalue weighted by Crippen LogP contribution is -2.54. The van der Waals surface area contributed by atoms with Gasteiger partial charge in [-0.15, -0.1) is 0 Å². The minimum atomic E-state index is -3.48. The van der Waals surface area contributed by atoms with E-state index in [1.807, 2.05) is 0 Å². The normalized spacial score (nSPS) is 17.3. The first-order valence-electron chi connectivity index (χ1n) is 8.86. The van der Waals surface area contributed by atoms with Gasteiger partial charge in [-0.1, -0.05) is 37.8 Å². The van der Waals surface area contributed by atoms with E-state index in [1.165, 1.54) is 19.2 Å². The van der Waals surface area contributed by atoms with Gasteiger partial charge >= 0.3 is 5.97 Å². The Morgan fingerprint density at radius 3 is 2.15 bits per heavy atom. The number of aryl methyl sites for hydroxylation is 1. The number of benzene rings is 1. The number of hydrogen-bond acceptors (Lipinski definition) is 4. The first-order chi connectivity index (χ1) is 12.3. The van der Waals surface area contributed by atoms with Crippen LogP contribution in [0.2, 0.25) is 0 Å². The summed E-state index contributed by atoms with van der Waals surface area (Å²) >= 11 is 0. The quantitative estimate of drug-likeness (QED) is 0.623. The van der Waals surface area contributed by atoms with Crippen LogP contribution in [0.15, 0.2) is 29.2 Å². The number of carboxylic acid groups (broad SMARTS) is 1. The van der Waals surface area contributed by atoms with Gasteiger partial charge in [0.05, 0.1) is 4.90 Å². The number of hydrogen-bond donors (Lipinski definition) is 3. The Hall–Kier alpha value is -1.93. The van der Waals surface area contributed by atoms with Gasteiger partial charge in [-0.2, -0.15) is 0 Å². The average Bonchev–Trinajstić information content (AvgIpc) is 2.87. The second-order valence-electron chi connectivity index (χ2n) is 6.70. The summed E-state index contributed by atoms with van der Waals surface area (Å²) in [7, 11) is -2.13. The molecule has 1 amide bonds. The first kappa shape index (κ1) is 20.4. The molecule has 144 valence electrons. The standard InChI is InChI=1S/C18H26N2O5S/c1-19-26(24,25)15-9-6-14(7-10-15)8-11-16(21)20-18(17(22)23)12-4-2-3-5-13-18/h6-7,9-10,19H,2-5,8,11-13H2,1H3,(H,20,21)(H,22,23). The summed E-state index contributed by atoms with van der Waals surface area (Å²) in [6.45, 7) is 0. The van der Waals surface area contributed by atoms with Crippen molar-refractivity contribution in [3.63, 3.8) is 0 Å². The van der Waals surface area contributed by atoms with Crippen molar-refractivity contribution in [1.29, 1.82) is 0 Å². The molecule has 1 aromatic rings. The number of nitrogens with one attached hydrogen (secondary N) is 2. The van der Waals surface area contributed by atoms with E-state index in [0.717, 1.165) is 31.2 Å². The van der Waals surface area contributed by atoms with E-state index in [9.17, 15) is 23.1 Å². The van der Waals surface area contributed by atoms with Crippen LogP contribution in [0.4, 0.5) is 0 Å². The molecule has 0 saturated heterocycles. The van der Waals surface area contributed by atoms with Gasteiger partial charge in [-0.25, -0.2) is 17.9 Å². The molecule has 1 aliphatic carbocycles. The number of carbonyl (C=O) groups excluding carboxylic acids is 1. The predicted octanol–water partition coefficient (Wildman–Crippen LogP) is 1.82. The highest BCUT2D eigenvalue weighted by Crippen LogP contribution is 2.27. The monoisotopic (exact) mass is 382 g/mol. The lowest BCUT2D eigenvalue weighted by atomic mass is 9.90. The molecule has 1 fully saturated rings. The van der Waals surface area contributed by atoms with Gasteiger partial charge in [0.1, 0.15) is 5.54 Å². The summed E-state index contributed by atoms with van der Waals surface area (Å²) < 4.78 is 25.6. The molecule has 1 aromatic carbocycles. The van der Waals surface area contributed by atoms with Crippen molar-refractivity contribution < 1.29 is 23.1 Å². The van der Waals surface area contributed by atoms with Crippen LogP contribution in [0.5, 0.6) is 0 Å². The van der Waals surface area contributed by atoms with E-state index >= 15 is 0 Å². The van der Waals surface area contributed by atoms with Crippen molar-refractivity contribution in [3.8, 4) is 0 Å². The van der Waals surface area contributed by atoms with E-state index in [4.69, 9.17) is 0 Å². The van der Waals surface area contributed by atoms with Crippen LogP contribution < -0.4 is 10.0 Å². The SMILES string of the molecule is CNS(=O)(=O)c1ccc(CCC(=O)NC2(C(=O)O)CCCCCC2)cc1. The highest BCUT2D eigenvalue weighted by atomic mass is 32.2. The summed E-state index contributed by atoms with van der Waals surface area (Å²) in [6, 6.07) is 6.30. The lowest BCUT2D eigenvalue weighted by Gasteiger charge is -2.29. The third-order valence-electron chi connectivity index (χ3n) is 4.89. The molecule has 1 aliphatic rings. The van der Waals surface area contributed by atoms with Gasteiger partial charge in [0.2, 0.25) is 15.9 Å². The Kier molecular flexibility index (Phi) is 6.77.